The van der Waals surface area contributed by atoms with Crippen LogP contribution in [0, 0.1) is 7.79 Å². The molecule has 0 N–H and O–H groups in total. The number of hydrogen-bond acceptors (Lipinski definition) is 6. The number of aromatic nitrogens is 2. The van der Waals surface area contributed by atoms with Gasteiger partial charge in [0.2, 0.25) is 0 Å². The summed E-state index contributed by atoms with van der Waals surface area (Å²) in [5.41, 5.74) is 6.69. The Balaban J connectivity index is 1.43. The van der Waals surface area contributed by atoms with Gasteiger partial charge in [-0.3, -0.25) is 0 Å². The summed E-state index contributed by atoms with van der Waals surface area (Å²) in [6.07, 6.45) is -9.65. The molecule has 0 unspecified atom stereocenters. The standard InChI is InChI=1S/C34H16F6I2N2O4/c35-33(36,37)47-19-13-9-17(10-14-19)21-5-1-3-7-23(21)25-27-30(46-31(41)43-27)26(28-29(25)45-32(42)44-28)24-8-4-2-6-22(24)18-11-15-20(16-12-18)48-34(38,39)40/h1-16H. The zero-order valence-corrected chi connectivity index (χ0v) is 28.1. The highest BCUT2D eigenvalue weighted by molar-refractivity contribution is 14.1. The van der Waals surface area contributed by atoms with E-state index in [9.17, 15) is 26.3 Å². The number of rotatable bonds is 6. The van der Waals surface area contributed by atoms with Crippen molar-refractivity contribution >= 4 is 67.4 Å². The molecule has 0 aliphatic rings. The molecule has 0 radical (unpaired) electrons. The third-order valence-electron chi connectivity index (χ3n) is 7.32. The highest BCUT2D eigenvalue weighted by Gasteiger charge is 2.32. The Kier molecular flexibility index (Phi) is 8.25. The summed E-state index contributed by atoms with van der Waals surface area (Å²) in [6.45, 7) is 0. The van der Waals surface area contributed by atoms with E-state index in [1.807, 2.05) is 81.6 Å². The zero-order valence-electron chi connectivity index (χ0n) is 23.8. The van der Waals surface area contributed by atoms with Gasteiger partial charge in [-0.1, -0.05) is 72.8 Å². The summed E-state index contributed by atoms with van der Waals surface area (Å²) >= 11 is 3.93. The largest absolute Gasteiger partial charge is 0.573 e. The van der Waals surface area contributed by atoms with Crippen LogP contribution in [0.3, 0.4) is 0 Å². The molecule has 0 saturated heterocycles. The van der Waals surface area contributed by atoms with Crippen LogP contribution in [0.2, 0.25) is 0 Å². The van der Waals surface area contributed by atoms with Crippen LogP contribution in [-0.4, -0.2) is 22.7 Å². The van der Waals surface area contributed by atoms with Crippen molar-refractivity contribution in [1.82, 2.24) is 9.97 Å². The number of hydrogen-bond donors (Lipinski definition) is 0. The van der Waals surface area contributed by atoms with Crippen molar-refractivity contribution in [1.29, 1.82) is 0 Å². The Morgan fingerprint density at radius 3 is 1.15 bits per heavy atom. The Labute approximate surface area is 294 Å². The predicted molar refractivity (Wildman–Crippen MR) is 182 cm³/mol. The first-order chi connectivity index (χ1) is 22.8. The van der Waals surface area contributed by atoms with Crippen molar-refractivity contribution in [2.75, 3.05) is 0 Å². The van der Waals surface area contributed by atoms with Gasteiger partial charge in [-0.15, -0.1) is 26.3 Å². The molecule has 0 spiro atoms. The fraction of sp³-hybridized carbons (Fsp3) is 0.0588. The van der Waals surface area contributed by atoms with Crippen LogP contribution in [0.5, 0.6) is 11.5 Å². The minimum Gasteiger partial charge on any atom is -0.431 e. The van der Waals surface area contributed by atoms with Gasteiger partial charge in [0, 0.05) is 45.2 Å². The third-order valence-corrected chi connectivity index (χ3v) is 8.24. The third kappa shape index (κ3) is 6.42. The smallest absolute Gasteiger partial charge is 0.431 e. The molecule has 0 saturated carbocycles. The molecule has 7 rings (SSSR count). The van der Waals surface area contributed by atoms with E-state index in [0.29, 0.717) is 74.5 Å². The maximum absolute atomic E-state index is 12.8. The first kappa shape index (κ1) is 32.2. The molecule has 242 valence electrons. The van der Waals surface area contributed by atoms with Crippen LogP contribution in [0.1, 0.15) is 0 Å². The highest BCUT2D eigenvalue weighted by Crippen LogP contribution is 2.48. The van der Waals surface area contributed by atoms with Crippen molar-refractivity contribution in [3.63, 3.8) is 0 Å². The topological polar surface area (TPSA) is 70.5 Å². The molecular formula is C34H16F6I2N2O4. The lowest BCUT2D eigenvalue weighted by Gasteiger charge is -2.15. The van der Waals surface area contributed by atoms with Crippen LogP contribution < -0.4 is 9.47 Å². The number of halogens is 8. The van der Waals surface area contributed by atoms with E-state index in [1.54, 1.807) is 12.1 Å². The van der Waals surface area contributed by atoms with E-state index in [-0.39, 0.29) is 11.5 Å². The summed E-state index contributed by atoms with van der Waals surface area (Å²) in [5, 5.41) is 0. The van der Waals surface area contributed by atoms with Crippen LogP contribution in [-0.2, 0) is 0 Å². The van der Waals surface area contributed by atoms with Gasteiger partial charge >= 0.3 is 12.7 Å². The van der Waals surface area contributed by atoms with E-state index in [1.165, 1.54) is 48.5 Å². The van der Waals surface area contributed by atoms with Crippen LogP contribution >= 0.6 is 45.2 Å². The van der Waals surface area contributed by atoms with Gasteiger partial charge in [0.15, 0.2) is 11.2 Å². The highest BCUT2D eigenvalue weighted by atomic mass is 127. The van der Waals surface area contributed by atoms with Crippen molar-refractivity contribution in [2.45, 2.75) is 12.7 Å². The first-order valence-corrected chi connectivity index (χ1v) is 16.0. The normalized spacial score (nSPS) is 12.2. The molecule has 0 aliphatic heterocycles. The average molecular weight is 884 g/mol. The number of oxazole rings is 2. The second-order valence-corrected chi connectivity index (χ2v) is 12.1. The van der Waals surface area contributed by atoms with Crippen LogP contribution in [0.15, 0.2) is 106 Å². The van der Waals surface area contributed by atoms with Gasteiger partial charge in [-0.25, -0.2) is 9.97 Å². The second kappa shape index (κ2) is 12.3. The number of alkyl halides is 6. The minimum absolute atomic E-state index is 0.324. The van der Waals surface area contributed by atoms with E-state index in [2.05, 4.69) is 9.47 Å². The molecule has 7 aromatic rings. The van der Waals surface area contributed by atoms with Gasteiger partial charge in [-0.2, -0.15) is 0 Å². The quantitative estimate of drug-likeness (QED) is 0.122. The van der Waals surface area contributed by atoms with E-state index in [4.69, 9.17) is 18.8 Å². The van der Waals surface area contributed by atoms with E-state index < -0.39 is 12.7 Å². The lowest BCUT2D eigenvalue weighted by molar-refractivity contribution is -0.275. The molecular weight excluding hydrogens is 868 g/mol. The average Bonchev–Trinajstić information content (AvgIpc) is 3.60. The summed E-state index contributed by atoms with van der Waals surface area (Å²) < 4.78 is 98.0. The summed E-state index contributed by atoms with van der Waals surface area (Å²) in [5.74, 6) is -0.704. The number of benzene rings is 5. The molecule has 48 heavy (non-hydrogen) atoms. The summed E-state index contributed by atoms with van der Waals surface area (Å²) in [6, 6.07) is 25.7. The van der Waals surface area contributed by atoms with E-state index in [0.717, 1.165) is 0 Å². The molecule has 0 aliphatic carbocycles. The van der Waals surface area contributed by atoms with Gasteiger partial charge in [0.1, 0.15) is 22.5 Å². The molecule has 0 atom stereocenters. The van der Waals surface area contributed by atoms with E-state index >= 15 is 0 Å². The lowest BCUT2D eigenvalue weighted by Crippen LogP contribution is -2.16. The number of nitrogens with zero attached hydrogens (tertiary/aromatic N) is 2. The molecule has 6 nitrogen and oxygen atoms in total. The minimum atomic E-state index is -4.82. The predicted octanol–water partition coefficient (Wildman–Crippen LogP) is 11.6. The molecule has 0 bridgehead atoms. The van der Waals surface area contributed by atoms with Gasteiger partial charge in [-0.05, 0) is 57.6 Å². The summed E-state index contributed by atoms with van der Waals surface area (Å²) in [7, 11) is 0. The monoisotopic (exact) mass is 884 g/mol. The van der Waals surface area contributed by atoms with Crippen LogP contribution in [0.25, 0.3) is 66.7 Å². The Morgan fingerprint density at radius 2 is 0.812 bits per heavy atom. The van der Waals surface area contributed by atoms with Crippen molar-refractivity contribution in [3.8, 4) is 56.0 Å². The van der Waals surface area contributed by atoms with Crippen molar-refractivity contribution in [3.05, 3.63) is 105 Å². The Hall–Kier alpha value is -4.32. The Bertz CT molecular complexity index is 2080. The van der Waals surface area contributed by atoms with Gasteiger partial charge in [0.05, 0.1) is 11.1 Å². The Morgan fingerprint density at radius 1 is 0.479 bits per heavy atom. The number of fused-ring (bicyclic) bond motifs is 2. The second-order valence-electron chi connectivity index (χ2n) is 10.3. The first-order valence-electron chi connectivity index (χ1n) is 13.8. The molecule has 2 aromatic heterocycles. The summed E-state index contributed by atoms with van der Waals surface area (Å²) in [4.78, 5) is 9.47. The van der Waals surface area contributed by atoms with Gasteiger partial charge < -0.3 is 18.3 Å². The van der Waals surface area contributed by atoms with Crippen molar-refractivity contribution < 1.29 is 44.7 Å². The van der Waals surface area contributed by atoms with Crippen molar-refractivity contribution in [2.24, 2.45) is 0 Å². The van der Waals surface area contributed by atoms with Crippen LogP contribution in [0.4, 0.5) is 26.3 Å². The molecule has 0 amide bonds. The maximum Gasteiger partial charge on any atom is 0.573 e. The molecule has 0 fully saturated rings. The number of ether oxygens (including phenoxy) is 2. The fourth-order valence-electron chi connectivity index (χ4n) is 5.56. The lowest BCUT2D eigenvalue weighted by atomic mass is 9.89. The van der Waals surface area contributed by atoms with Gasteiger partial charge in [0.25, 0.3) is 7.79 Å². The maximum atomic E-state index is 12.8. The zero-order chi connectivity index (χ0) is 33.8. The molecule has 14 heteroatoms. The molecule has 5 aromatic carbocycles. The SMILES string of the molecule is FC(F)(F)Oc1ccc(-c2ccccc2-c2c3nc(I)oc3c(-c3ccccc3-c3ccc(OC(F)(F)F)cc3)c3nc(I)oc23)cc1. The molecule has 2 heterocycles. The fourth-order valence-corrected chi connectivity index (χ4v) is 6.48.